The van der Waals surface area contributed by atoms with Gasteiger partial charge in [0.25, 0.3) is 0 Å². The summed E-state index contributed by atoms with van der Waals surface area (Å²) in [5.74, 6) is -0.711. The summed E-state index contributed by atoms with van der Waals surface area (Å²) < 4.78 is 25.1. The maximum atomic E-state index is 13.3. The molecule has 0 fully saturated rings. The van der Waals surface area contributed by atoms with Crippen LogP contribution in [0.1, 0.15) is 5.56 Å². The number of ether oxygens (including phenoxy) is 2. The SMILES string of the molecule is COc1ccccc1C[C@@H](Oc1ncnc2sc(-c3ccc(F)cc3)c(Br)c12)C(=O)O. The summed E-state index contributed by atoms with van der Waals surface area (Å²) in [5, 5.41) is 10.3. The Balaban J connectivity index is 1.71. The van der Waals surface area contributed by atoms with E-state index in [1.165, 1.54) is 36.9 Å². The number of hydrogen-bond acceptors (Lipinski definition) is 6. The lowest BCUT2D eigenvalue weighted by Crippen LogP contribution is -2.30. The zero-order valence-corrected chi connectivity index (χ0v) is 18.6. The number of para-hydroxylation sites is 1. The van der Waals surface area contributed by atoms with E-state index in [2.05, 4.69) is 25.9 Å². The molecule has 0 amide bonds. The summed E-state index contributed by atoms with van der Waals surface area (Å²) >= 11 is 4.94. The predicted octanol–water partition coefficient (Wildman–Crippen LogP) is 5.34. The minimum absolute atomic E-state index is 0.0947. The number of aromatic nitrogens is 2. The van der Waals surface area contributed by atoms with Crippen LogP contribution in [0.5, 0.6) is 11.6 Å². The van der Waals surface area contributed by atoms with Crippen molar-refractivity contribution in [3.8, 4) is 22.1 Å². The van der Waals surface area contributed by atoms with Crippen LogP contribution in [0.3, 0.4) is 0 Å². The molecule has 4 rings (SSSR count). The highest BCUT2D eigenvalue weighted by Crippen LogP contribution is 2.44. The Hall–Kier alpha value is -3.04. The highest BCUT2D eigenvalue weighted by Gasteiger charge is 2.25. The van der Waals surface area contributed by atoms with Crippen LogP contribution in [0.15, 0.2) is 59.3 Å². The van der Waals surface area contributed by atoms with E-state index in [4.69, 9.17) is 9.47 Å². The monoisotopic (exact) mass is 502 g/mol. The molecule has 2 aromatic heterocycles. The van der Waals surface area contributed by atoms with Gasteiger partial charge in [0.1, 0.15) is 22.7 Å². The summed E-state index contributed by atoms with van der Waals surface area (Å²) in [6, 6.07) is 13.3. The van der Waals surface area contributed by atoms with Gasteiger partial charge in [0.05, 0.1) is 21.8 Å². The highest BCUT2D eigenvalue weighted by atomic mass is 79.9. The van der Waals surface area contributed by atoms with E-state index in [9.17, 15) is 14.3 Å². The summed E-state index contributed by atoms with van der Waals surface area (Å²) in [4.78, 5) is 21.8. The number of carboxylic acid groups (broad SMARTS) is 1. The first-order chi connectivity index (χ1) is 15.0. The second-order valence-corrected chi connectivity index (χ2v) is 8.36. The van der Waals surface area contributed by atoms with Gasteiger partial charge < -0.3 is 14.6 Å². The number of carbonyl (C=O) groups is 1. The Morgan fingerprint density at radius 1 is 1.19 bits per heavy atom. The van der Waals surface area contributed by atoms with E-state index in [-0.39, 0.29) is 18.1 Å². The van der Waals surface area contributed by atoms with Gasteiger partial charge in [-0.1, -0.05) is 30.3 Å². The van der Waals surface area contributed by atoms with Crippen molar-refractivity contribution < 1.29 is 23.8 Å². The van der Waals surface area contributed by atoms with Crippen molar-refractivity contribution in [3.63, 3.8) is 0 Å². The van der Waals surface area contributed by atoms with Crippen molar-refractivity contribution in [2.75, 3.05) is 7.11 Å². The van der Waals surface area contributed by atoms with Crippen molar-refractivity contribution in [2.45, 2.75) is 12.5 Å². The van der Waals surface area contributed by atoms with Crippen molar-refractivity contribution in [3.05, 3.63) is 70.7 Å². The molecule has 4 aromatic rings. The van der Waals surface area contributed by atoms with Crippen LogP contribution in [0.4, 0.5) is 4.39 Å². The van der Waals surface area contributed by atoms with Gasteiger partial charge in [0, 0.05) is 6.42 Å². The van der Waals surface area contributed by atoms with Crippen molar-refractivity contribution >= 4 is 43.5 Å². The number of halogens is 2. The van der Waals surface area contributed by atoms with Crippen LogP contribution in [-0.4, -0.2) is 34.3 Å². The molecule has 0 saturated carbocycles. The first-order valence-electron chi connectivity index (χ1n) is 9.18. The fourth-order valence-corrected chi connectivity index (χ4v) is 5.13. The average Bonchev–Trinajstić information content (AvgIpc) is 3.11. The Morgan fingerprint density at radius 3 is 2.65 bits per heavy atom. The molecule has 9 heteroatoms. The van der Waals surface area contributed by atoms with Crippen LogP contribution in [0.25, 0.3) is 20.7 Å². The molecule has 2 aromatic carbocycles. The van der Waals surface area contributed by atoms with Gasteiger partial charge in [-0.15, -0.1) is 11.3 Å². The molecular formula is C22H16BrFN2O4S. The zero-order valence-electron chi connectivity index (χ0n) is 16.2. The molecule has 2 heterocycles. The van der Waals surface area contributed by atoms with Crippen LogP contribution in [-0.2, 0) is 11.2 Å². The Morgan fingerprint density at radius 2 is 1.94 bits per heavy atom. The molecule has 1 atom stereocenters. The standard InChI is InChI=1S/C22H16BrFN2O4S/c1-29-15-5-3-2-4-13(15)10-16(22(27)28)30-20-17-18(23)19(31-21(17)26-11-25-20)12-6-8-14(24)9-7-12/h2-9,11,16H,10H2,1H3,(H,27,28)/t16-/m1/s1. The topological polar surface area (TPSA) is 81.5 Å². The fourth-order valence-electron chi connectivity index (χ4n) is 3.14. The second kappa shape index (κ2) is 8.99. The summed E-state index contributed by atoms with van der Waals surface area (Å²) in [6.07, 6.45) is 0.240. The van der Waals surface area contributed by atoms with E-state index in [1.54, 1.807) is 24.3 Å². The number of thiophene rings is 1. The maximum absolute atomic E-state index is 13.3. The van der Waals surface area contributed by atoms with Gasteiger partial charge in [-0.25, -0.2) is 19.2 Å². The fraction of sp³-hybridized carbons (Fsp3) is 0.136. The molecule has 0 saturated heterocycles. The van der Waals surface area contributed by atoms with Crippen molar-refractivity contribution in [1.82, 2.24) is 9.97 Å². The van der Waals surface area contributed by atoms with Crippen LogP contribution < -0.4 is 9.47 Å². The average molecular weight is 503 g/mol. The number of aliphatic carboxylic acids is 1. The Bertz CT molecular complexity index is 1250. The number of rotatable bonds is 7. The molecule has 0 unspecified atom stereocenters. The lowest BCUT2D eigenvalue weighted by Gasteiger charge is -2.16. The van der Waals surface area contributed by atoms with E-state index in [0.717, 1.165) is 10.4 Å². The minimum Gasteiger partial charge on any atom is -0.496 e. The van der Waals surface area contributed by atoms with Gasteiger partial charge in [0.2, 0.25) is 12.0 Å². The third-order valence-electron chi connectivity index (χ3n) is 4.63. The third-order valence-corrected chi connectivity index (χ3v) is 6.83. The van der Waals surface area contributed by atoms with E-state index >= 15 is 0 Å². The molecule has 158 valence electrons. The first-order valence-corrected chi connectivity index (χ1v) is 10.8. The number of benzene rings is 2. The molecule has 0 radical (unpaired) electrons. The largest absolute Gasteiger partial charge is 0.496 e. The van der Waals surface area contributed by atoms with Gasteiger partial charge in [-0.2, -0.15) is 0 Å². The van der Waals surface area contributed by atoms with Crippen LogP contribution in [0, 0.1) is 5.82 Å². The summed E-state index contributed by atoms with van der Waals surface area (Å²) in [6.45, 7) is 0. The lowest BCUT2D eigenvalue weighted by molar-refractivity contribution is -0.145. The van der Waals surface area contributed by atoms with Gasteiger partial charge in [-0.3, -0.25) is 0 Å². The molecule has 0 aliphatic carbocycles. The predicted molar refractivity (Wildman–Crippen MR) is 119 cm³/mol. The normalized spacial score (nSPS) is 12.0. The molecule has 0 aliphatic heterocycles. The number of fused-ring (bicyclic) bond motifs is 1. The third kappa shape index (κ3) is 4.38. The molecule has 0 spiro atoms. The lowest BCUT2D eigenvalue weighted by atomic mass is 10.1. The quantitative estimate of drug-likeness (QED) is 0.367. The number of methoxy groups -OCH3 is 1. The van der Waals surface area contributed by atoms with Crippen LogP contribution >= 0.6 is 27.3 Å². The van der Waals surface area contributed by atoms with Crippen molar-refractivity contribution in [2.24, 2.45) is 0 Å². The molecule has 6 nitrogen and oxygen atoms in total. The molecule has 1 N–H and O–H groups in total. The molecule has 0 aliphatic rings. The van der Waals surface area contributed by atoms with E-state index < -0.39 is 12.1 Å². The van der Waals surface area contributed by atoms with Gasteiger partial charge in [0.15, 0.2) is 0 Å². The Labute approximate surface area is 189 Å². The Kier molecular flexibility index (Phi) is 6.15. The summed E-state index contributed by atoms with van der Waals surface area (Å²) in [7, 11) is 1.53. The second-order valence-electron chi connectivity index (χ2n) is 6.57. The van der Waals surface area contributed by atoms with E-state index in [0.29, 0.717) is 26.0 Å². The van der Waals surface area contributed by atoms with Crippen LogP contribution in [0.2, 0.25) is 0 Å². The maximum Gasteiger partial charge on any atom is 0.345 e. The van der Waals surface area contributed by atoms with Gasteiger partial charge in [-0.05, 0) is 45.3 Å². The minimum atomic E-state index is -1.18. The smallest absolute Gasteiger partial charge is 0.345 e. The van der Waals surface area contributed by atoms with E-state index in [1.807, 2.05) is 12.1 Å². The van der Waals surface area contributed by atoms with Gasteiger partial charge >= 0.3 is 5.97 Å². The first kappa shape index (κ1) is 21.2. The molecule has 31 heavy (non-hydrogen) atoms. The number of carboxylic acids is 1. The number of hydrogen-bond donors (Lipinski definition) is 1. The zero-order chi connectivity index (χ0) is 22.0. The molecular weight excluding hydrogens is 487 g/mol. The highest BCUT2D eigenvalue weighted by molar-refractivity contribution is 9.10. The summed E-state index contributed by atoms with van der Waals surface area (Å²) in [5.41, 5.74) is 1.50. The molecule has 0 bridgehead atoms. The number of nitrogens with zero attached hydrogens (tertiary/aromatic N) is 2. The van der Waals surface area contributed by atoms with Crippen molar-refractivity contribution in [1.29, 1.82) is 0 Å².